The summed E-state index contributed by atoms with van der Waals surface area (Å²) in [6.45, 7) is 2.43. The number of aromatic nitrogens is 1. The van der Waals surface area contributed by atoms with Crippen molar-refractivity contribution in [2.24, 2.45) is 0 Å². The zero-order valence-corrected chi connectivity index (χ0v) is 19.5. The molecule has 35 heavy (non-hydrogen) atoms. The third kappa shape index (κ3) is 5.48. The van der Waals surface area contributed by atoms with Gasteiger partial charge in [-0.25, -0.2) is 9.18 Å². The highest BCUT2D eigenvalue weighted by Crippen LogP contribution is 2.36. The van der Waals surface area contributed by atoms with Gasteiger partial charge in [0.2, 0.25) is 0 Å². The number of nitrogens with zero attached hydrogens (tertiary/aromatic N) is 1. The monoisotopic (exact) mass is 476 g/mol. The number of benzene rings is 2. The maximum atomic E-state index is 13.3. The standard InChI is InChI=1S/C27H25FN2O5/c1-3-4-11-35-25-21(27(32)33-2)15-22(30-26(31)23-6-5-12-34-23)20-14-18(16-29-24(20)25)13-17-7-9-19(28)10-8-17/h5-10,12,14-16H,3-4,11,13H2,1-2H3,(H,30,31). The lowest BCUT2D eigenvalue weighted by atomic mass is 10.0. The average molecular weight is 477 g/mol. The molecule has 0 atom stereocenters. The molecule has 0 saturated heterocycles. The van der Waals surface area contributed by atoms with E-state index < -0.39 is 11.9 Å². The van der Waals surface area contributed by atoms with E-state index in [0.717, 1.165) is 24.0 Å². The van der Waals surface area contributed by atoms with Gasteiger partial charge in [-0.3, -0.25) is 9.78 Å². The Balaban J connectivity index is 1.83. The Morgan fingerprint density at radius 3 is 2.60 bits per heavy atom. The van der Waals surface area contributed by atoms with Crippen molar-refractivity contribution in [3.05, 3.63) is 89.3 Å². The fourth-order valence-electron chi connectivity index (χ4n) is 3.67. The van der Waals surface area contributed by atoms with E-state index in [-0.39, 0.29) is 17.1 Å². The molecule has 4 rings (SSSR count). The number of hydrogen-bond donors (Lipinski definition) is 1. The van der Waals surface area contributed by atoms with E-state index in [1.807, 2.05) is 13.0 Å². The molecule has 2 aromatic heterocycles. The lowest BCUT2D eigenvalue weighted by molar-refractivity contribution is 0.0596. The fraction of sp³-hybridized carbons (Fsp3) is 0.222. The predicted octanol–water partition coefficient (Wildman–Crippen LogP) is 5.78. The number of methoxy groups -OCH3 is 1. The first-order valence-corrected chi connectivity index (χ1v) is 11.3. The highest BCUT2D eigenvalue weighted by molar-refractivity contribution is 6.11. The number of amides is 1. The average Bonchev–Trinajstić information content (AvgIpc) is 3.41. The fourth-order valence-corrected chi connectivity index (χ4v) is 3.67. The number of pyridine rings is 1. The maximum Gasteiger partial charge on any atom is 0.341 e. The van der Waals surface area contributed by atoms with Crippen LogP contribution in [0.1, 0.15) is 51.8 Å². The summed E-state index contributed by atoms with van der Waals surface area (Å²) < 4.78 is 29.5. The van der Waals surface area contributed by atoms with Gasteiger partial charge in [-0.15, -0.1) is 0 Å². The topological polar surface area (TPSA) is 90.7 Å². The summed E-state index contributed by atoms with van der Waals surface area (Å²) in [5.41, 5.74) is 2.67. The number of anilines is 1. The summed E-state index contributed by atoms with van der Waals surface area (Å²) >= 11 is 0. The van der Waals surface area contributed by atoms with E-state index in [4.69, 9.17) is 13.9 Å². The van der Waals surface area contributed by atoms with Crippen molar-refractivity contribution < 1.29 is 27.9 Å². The number of halogens is 1. The summed E-state index contributed by atoms with van der Waals surface area (Å²) in [6.07, 6.45) is 5.29. The van der Waals surface area contributed by atoms with Crippen LogP contribution >= 0.6 is 0 Å². The van der Waals surface area contributed by atoms with Gasteiger partial charge >= 0.3 is 5.97 Å². The maximum absolute atomic E-state index is 13.3. The first-order valence-electron chi connectivity index (χ1n) is 11.3. The minimum atomic E-state index is -0.607. The molecule has 1 N–H and O–H groups in total. The Morgan fingerprint density at radius 1 is 1.11 bits per heavy atom. The number of fused-ring (bicyclic) bond motifs is 1. The van der Waals surface area contributed by atoms with Gasteiger partial charge in [0.15, 0.2) is 11.5 Å². The normalized spacial score (nSPS) is 10.8. The van der Waals surface area contributed by atoms with E-state index in [1.54, 1.807) is 30.5 Å². The third-order valence-electron chi connectivity index (χ3n) is 5.45. The van der Waals surface area contributed by atoms with Crippen molar-refractivity contribution >= 4 is 28.5 Å². The lowest BCUT2D eigenvalue weighted by Gasteiger charge is -2.17. The van der Waals surface area contributed by atoms with Gasteiger partial charge in [0, 0.05) is 11.6 Å². The predicted molar refractivity (Wildman–Crippen MR) is 129 cm³/mol. The van der Waals surface area contributed by atoms with Gasteiger partial charge in [0.05, 0.1) is 25.7 Å². The SMILES string of the molecule is CCCCOc1c(C(=O)OC)cc(NC(=O)c2ccco2)c2cc(Cc3ccc(F)cc3)cnc12. The number of hydrogen-bond acceptors (Lipinski definition) is 6. The summed E-state index contributed by atoms with van der Waals surface area (Å²) in [5.74, 6) is -0.974. The Kier molecular flexibility index (Phi) is 7.40. The number of ether oxygens (including phenoxy) is 2. The van der Waals surface area contributed by atoms with Gasteiger partial charge in [-0.2, -0.15) is 0 Å². The molecule has 0 bridgehead atoms. The molecule has 1 amide bonds. The van der Waals surface area contributed by atoms with Crippen LogP contribution in [0.15, 0.2) is 65.4 Å². The van der Waals surface area contributed by atoms with Crippen LogP contribution in [0.5, 0.6) is 5.75 Å². The Hall–Kier alpha value is -4.20. The van der Waals surface area contributed by atoms with Crippen LogP contribution < -0.4 is 10.1 Å². The zero-order chi connectivity index (χ0) is 24.8. The lowest BCUT2D eigenvalue weighted by Crippen LogP contribution is -2.14. The van der Waals surface area contributed by atoms with Crippen LogP contribution in [0.25, 0.3) is 10.9 Å². The quantitative estimate of drug-likeness (QED) is 0.243. The first kappa shape index (κ1) is 23.9. The van der Waals surface area contributed by atoms with Crippen molar-refractivity contribution in [1.82, 2.24) is 4.98 Å². The molecule has 0 unspecified atom stereocenters. The summed E-state index contributed by atoms with van der Waals surface area (Å²) in [7, 11) is 1.28. The highest BCUT2D eigenvalue weighted by atomic mass is 19.1. The minimum absolute atomic E-state index is 0.122. The Labute approximate surface area is 201 Å². The van der Waals surface area contributed by atoms with Gasteiger partial charge in [0.1, 0.15) is 16.9 Å². The van der Waals surface area contributed by atoms with Crippen LogP contribution in [0.2, 0.25) is 0 Å². The molecule has 4 aromatic rings. The highest BCUT2D eigenvalue weighted by Gasteiger charge is 2.23. The summed E-state index contributed by atoms with van der Waals surface area (Å²) in [6, 6.07) is 12.8. The minimum Gasteiger partial charge on any atom is -0.490 e. The van der Waals surface area contributed by atoms with E-state index in [9.17, 15) is 14.0 Å². The molecule has 0 fully saturated rings. The summed E-state index contributed by atoms with van der Waals surface area (Å²) in [5, 5.41) is 3.40. The van der Waals surface area contributed by atoms with Gasteiger partial charge < -0.3 is 19.2 Å². The second-order valence-corrected chi connectivity index (χ2v) is 7.97. The molecule has 2 aromatic carbocycles. The van der Waals surface area contributed by atoms with Gasteiger partial charge in [-0.1, -0.05) is 25.5 Å². The van der Waals surface area contributed by atoms with Crippen LogP contribution in [0, 0.1) is 5.82 Å². The van der Waals surface area contributed by atoms with E-state index in [0.29, 0.717) is 35.4 Å². The molecule has 180 valence electrons. The van der Waals surface area contributed by atoms with Crippen molar-refractivity contribution in [2.75, 3.05) is 19.0 Å². The largest absolute Gasteiger partial charge is 0.490 e. The number of nitrogens with one attached hydrogen (secondary N) is 1. The molecule has 2 heterocycles. The molecular formula is C27H25FN2O5. The van der Waals surface area contributed by atoms with Gasteiger partial charge in [-0.05, 0) is 60.4 Å². The molecular weight excluding hydrogens is 451 g/mol. The smallest absolute Gasteiger partial charge is 0.341 e. The second-order valence-electron chi connectivity index (χ2n) is 7.97. The first-order chi connectivity index (χ1) is 17.0. The molecule has 0 aliphatic heterocycles. The number of carbonyl (C=O) groups is 2. The van der Waals surface area contributed by atoms with Gasteiger partial charge in [0.25, 0.3) is 5.91 Å². The molecule has 0 aliphatic rings. The molecule has 0 spiro atoms. The Morgan fingerprint density at radius 2 is 1.91 bits per heavy atom. The van der Waals surface area contributed by atoms with Crippen LogP contribution in [0.4, 0.5) is 10.1 Å². The molecule has 0 radical (unpaired) electrons. The molecule has 0 aliphatic carbocycles. The van der Waals surface area contributed by atoms with E-state index >= 15 is 0 Å². The van der Waals surface area contributed by atoms with Crippen molar-refractivity contribution in [3.63, 3.8) is 0 Å². The molecule has 8 heteroatoms. The van der Waals surface area contributed by atoms with Crippen molar-refractivity contribution in [2.45, 2.75) is 26.2 Å². The summed E-state index contributed by atoms with van der Waals surface area (Å²) in [4.78, 5) is 30.0. The third-order valence-corrected chi connectivity index (χ3v) is 5.45. The molecule has 7 nitrogen and oxygen atoms in total. The number of rotatable bonds is 9. The van der Waals surface area contributed by atoms with Crippen molar-refractivity contribution in [1.29, 1.82) is 0 Å². The van der Waals surface area contributed by atoms with E-state index in [2.05, 4.69) is 10.3 Å². The van der Waals surface area contributed by atoms with Crippen molar-refractivity contribution in [3.8, 4) is 5.75 Å². The van der Waals surface area contributed by atoms with Crippen LogP contribution in [-0.4, -0.2) is 30.6 Å². The molecule has 0 saturated carbocycles. The number of carbonyl (C=O) groups excluding carboxylic acids is 2. The number of unbranched alkanes of at least 4 members (excludes halogenated alkanes) is 1. The van der Waals surface area contributed by atoms with E-state index in [1.165, 1.54) is 31.6 Å². The van der Waals surface area contributed by atoms with Crippen LogP contribution in [-0.2, 0) is 11.2 Å². The number of esters is 1. The number of furan rings is 1. The van der Waals surface area contributed by atoms with Crippen LogP contribution in [0.3, 0.4) is 0 Å². The Bertz CT molecular complexity index is 1330. The zero-order valence-electron chi connectivity index (χ0n) is 19.5. The second kappa shape index (κ2) is 10.8.